The standard InChI is InChI=1S/C7H9NOS/c1-2-3-7-6(4-9)8-5-10-7/h2-3,5,9H,4H2,1H3/b3-2+. The van der Waals surface area contributed by atoms with E-state index in [1.165, 1.54) is 0 Å². The van der Waals surface area contributed by atoms with E-state index in [-0.39, 0.29) is 6.61 Å². The summed E-state index contributed by atoms with van der Waals surface area (Å²) in [6, 6.07) is 0. The van der Waals surface area contributed by atoms with Crippen LogP contribution in [0.3, 0.4) is 0 Å². The highest BCUT2D eigenvalue weighted by Crippen LogP contribution is 2.14. The number of aromatic nitrogens is 1. The number of rotatable bonds is 2. The van der Waals surface area contributed by atoms with E-state index in [9.17, 15) is 0 Å². The average Bonchev–Trinajstić information content (AvgIpc) is 2.36. The monoisotopic (exact) mass is 155 g/mol. The summed E-state index contributed by atoms with van der Waals surface area (Å²) in [7, 11) is 0. The first-order valence-corrected chi connectivity index (χ1v) is 3.92. The molecule has 0 radical (unpaired) electrons. The molecule has 1 aromatic rings. The molecule has 0 saturated heterocycles. The molecule has 0 aliphatic heterocycles. The zero-order valence-corrected chi connectivity index (χ0v) is 6.56. The predicted octanol–water partition coefficient (Wildman–Crippen LogP) is 1.67. The van der Waals surface area contributed by atoms with Crippen LogP contribution in [0.2, 0.25) is 0 Å². The quantitative estimate of drug-likeness (QED) is 0.704. The third kappa shape index (κ3) is 1.43. The lowest BCUT2D eigenvalue weighted by Gasteiger charge is -1.88. The summed E-state index contributed by atoms with van der Waals surface area (Å²) in [6.07, 6.45) is 3.88. The van der Waals surface area contributed by atoms with Gasteiger partial charge in [-0.2, -0.15) is 0 Å². The van der Waals surface area contributed by atoms with Gasteiger partial charge in [-0.25, -0.2) is 4.98 Å². The molecule has 0 aromatic carbocycles. The molecule has 0 unspecified atom stereocenters. The summed E-state index contributed by atoms with van der Waals surface area (Å²) in [5.74, 6) is 0. The molecule has 0 aliphatic rings. The topological polar surface area (TPSA) is 33.1 Å². The van der Waals surface area contributed by atoms with Gasteiger partial charge in [0.05, 0.1) is 22.7 Å². The molecule has 0 bridgehead atoms. The van der Waals surface area contributed by atoms with Gasteiger partial charge in [0, 0.05) is 0 Å². The van der Waals surface area contributed by atoms with Crippen LogP contribution >= 0.6 is 11.3 Å². The van der Waals surface area contributed by atoms with Crippen molar-refractivity contribution in [1.82, 2.24) is 4.98 Å². The molecule has 0 amide bonds. The number of aliphatic hydroxyl groups excluding tert-OH is 1. The van der Waals surface area contributed by atoms with Crippen molar-refractivity contribution >= 4 is 17.4 Å². The zero-order valence-electron chi connectivity index (χ0n) is 5.74. The number of hydrogen-bond acceptors (Lipinski definition) is 3. The Labute approximate surface area is 63.9 Å². The Morgan fingerprint density at radius 2 is 2.60 bits per heavy atom. The van der Waals surface area contributed by atoms with E-state index >= 15 is 0 Å². The first-order valence-electron chi connectivity index (χ1n) is 3.04. The van der Waals surface area contributed by atoms with E-state index in [1.54, 1.807) is 16.8 Å². The zero-order chi connectivity index (χ0) is 7.40. The summed E-state index contributed by atoms with van der Waals surface area (Å²) in [5, 5.41) is 8.74. The van der Waals surface area contributed by atoms with Crippen LogP contribution in [0.25, 0.3) is 6.08 Å². The van der Waals surface area contributed by atoms with Crippen LogP contribution in [0.5, 0.6) is 0 Å². The minimum absolute atomic E-state index is 0.0309. The van der Waals surface area contributed by atoms with Crippen molar-refractivity contribution in [3.05, 3.63) is 22.2 Å². The van der Waals surface area contributed by atoms with Gasteiger partial charge in [0.2, 0.25) is 0 Å². The second-order valence-electron chi connectivity index (χ2n) is 1.82. The van der Waals surface area contributed by atoms with Gasteiger partial charge >= 0.3 is 0 Å². The largest absolute Gasteiger partial charge is 0.390 e. The van der Waals surface area contributed by atoms with Gasteiger partial charge in [0.25, 0.3) is 0 Å². The molecule has 0 spiro atoms. The maximum atomic E-state index is 8.74. The molecule has 1 N–H and O–H groups in total. The van der Waals surface area contributed by atoms with Crippen molar-refractivity contribution in [3.8, 4) is 0 Å². The van der Waals surface area contributed by atoms with Crippen molar-refractivity contribution in [3.63, 3.8) is 0 Å². The van der Waals surface area contributed by atoms with Crippen molar-refractivity contribution in [2.45, 2.75) is 13.5 Å². The number of allylic oxidation sites excluding steroid dienone is 1. The molecule has 54 valence electrons. The normalized spacial score (nSPS) is 11.0. The molecule has 1 aromatic heterocycles. The Morgan fingerprint density at radius 3 is 3.20 bits per heavy atom. The van der Waals surface area contributed by atoms with Crippen LogP contribution in [0.15, 0.2) is 11.6 Å². The maximum absolute atomic E-state index is 8.74. The number of nitrogens with zero attached hydrogens (tertiary/aromatic N) is 1. The summed E-state index contributed by atoms with van der Waals surface area (Å²) >= 11 is 1.54. The Kier molecular flexibility index (Phi) is 2.59. The van der Waals surface area contributed by atoms with E-state index in [4.69, 9.17) is 5.11 Å². The van der Waals surface area contributed by atoms with Crippen LogP contribution < -0.4 is 0 Å². The van der Waals surface area contributed by atoms with Crippen LogP contribution in [0.4, 0.5) is 0 Å². The fourth-order valence-electron chi connectivity index (χ4n) is 0.684. The molecule has 0 saturated carbocycles. The third-order valence-corrected chi connectivity index (χ3v) is 1.98. The summed E-state index contributed by atoms with van der Waals surface area (Å²) in [5.41, 5.74) is 2.50. The molecule has 10 heavy (non-hydrogen) atoms. The molecular weight excluding hydrogens is 146 g/mol. The van der Waals surface area contributed by atoms with Gasteiger partial charge in [-0.1, -0.05) is 6.08 Å². The third-order valence-electron chi connectivity index (χ3n) is 1.14. The predicted molar refractivity (Wildman–Crippen MR) is 42.7 cm³/mol. The summed E-state index contributed by atoms with van der Waals surface area (Å²) in [6.45, 7) is 1.98. The highest BCUT2D eigenvalue weighted by Gasteiger charge is 1.98. The Morgan fingerprint density at radius 1 is 1.80 bits per heavy atom. The molecule has 1 heterocycles. The first kappa shape index (κ1) is 7.44. The van der Waals surface area contributed by atoms with E-state index in [0.29, 0.717) is 0 Å². The second kappa shape index (κ2) is 3.49. The van der Waals surface area contributed by atoms with E-state index in [2.05, 4.69) is 4.98 Å². The number of aliphatic hydroxyl groups is 1. The smallest absolute Gasteiger partial charge is 0.0867 e. The minimum Gasteiger partial charge on any atom is -0.390 e. The Hall–Kier alpha value is -0.670. The van der Waals surface area contributed by atoms with Gasteiger partial charge in [0.15, 0.2) is 0 Å². The maximum Gasteiger partial charge on any atom is 0.0867 e. The lowest BCUT2D eigenvalue weighted by atomic mass is 10.3. The molecular formula is C7H9NOS. The van der Waals surface area contributed by atoms with Crippen LogP contribution in [0, 0.1) is 0 Å². The second-order valence-corrected chi connectivity index (χ2v) is 2.71. The fraction of sp³-hybridized carbons (Fsp3) is 0.286. The molecule has 3 heteroatoms. The van der Waals surface area contributed by atoms with Crippen LogP contribution in [-0.4, -0.2) is 10.1 Å². The van der Waals surface area contributed by atoms with Gasteiger partial charge in [-0.05, 0) is 13.0 Å². The Balaban J connectivity index is 2.90. The molecule has 0 atom stereocenters. The van der Waals surface area contributed by atoms with Crippen molar-refractivity contribution in [1.29, 1.82) is 0 Å². The van der Waals surface area contributed by atoms with Crippen LogP contribution in [-0.2, 0) is 6.61 Å². The first-order chi connectivity index (χ1) is 4.88. The summed E-state index contributed by atoms with van der Waals surface area (Å²) < 4.78 is 0. The van der Waals surface area contributed by atoms with Crippen molar-refractivity contribution in [2.24, 2.45) is 0 Å². The van der Waals surface area contributed by atoms with Gasteiger partial charge < -0.3 is 5.11 Å². The number of thiazole rings is 1. The SMILES string of the molecule is C/C=C/c1scnc1CO. The highest BCUT2D eigenvalue weighted by molar-refractivity contribution is 7.10. The highest BCUT2D eigenvalue weighted by atomic mass is 32.1. The van der Waals surface area contributed by atoms with Gasteiger partial charge in [-0.3, -0.25) is 0 Å². The van der Waals surface area contributed by atoms with E-state index in [0.717, 1.165) is 10.6 Å². The average molecular weight is 155 g/mol. The van der Waals surface area contributed by atoms with E-state index in [1.807, 2.05) is 19.1 Å². The van der Waals surface area contributed by atoms with E-state index < -0.39 is 0 Å². The molecule has 0 aliphatic carbocycles. The lowest BCUT2D eigenvalue weighted by molar-refractivity contribution is 0.277. The van der Waals surface area contributed by atoms with Crippen LogP contribution in [0.1, 0.15) is 17.5 Å². The van der Waals surface area contributed by atoms with Crippen molar-refractivity contribution in [2.75, 3.05) is 0 Å². The molecule has 0 fully saturated rings. The summed E-state index contributed by atoms with van der Waals surface area (Å²) in [4.78, 5) is 5.02. The lowest BCUT2D eigenvalue weighted by Crippen LogP contribution is -1.83. The minimum atomic E-state index is 0.0309. The molecule has 1 rings (SSSR count). The van der Waals surface area contributed by atoms with Gasteiger partial charge in [-0.15, -0.1) is 11.3 Å². The fourth-order valence-corrected chi connectivity index (χ4v) is 1.45. The Bertz CT molecular complexity index is 229. The van der Waals surface area contributed by atoms with Gasteiger partial charge in [0.1, 0.15) is 0 Å². The molecule has 2 nitrogen and oxygen atoms in total. The number of hydrogen-bond donors (Lipinski definition) is 1. The van der Waals surface area contributed by atoms with Crippen molar-refractivity contribution < 1.29 is 5.11 Å².